The molecule has 0 bridgehead atoms. The van der Waals surface area contributed by atoms with Crippen LogP contribution in [0.5, 0.6) is 0 Å². The third-order valence-electron chi connectivity index (χ3n) is 9.35. The van der Waals surface area contributed by atoms with Crippen LogP contribution in [0, 0.1) is 10.8 Å². The van der Waals surface area contributed by atoms with E-state index >= 15 is 0 Å². The van der Waals surface area contributed by atoms with Crippen molar-refractivity contribution in [3.63, 3.8) is 0 Å². The molecule has 1 aromatic carbocycles. The molecule has 13 heteroatoms. The van der Waals surface area contributed by atoms with Crippen LogP contribution in [0.2, 0.25) is 0 Å². The molecule has 1 saturated heterocycles. The smallest absolute Gasteiger partial charge is 0.410 e. The van der Waals surface area contributed by atoms with E-state index in [0.29, 0.717) is 45.3 Å². The number of aryl methyl sites for hydroxylation is 1. The average Bonchev–Trinajstić information content (AvgIpc) is 3.50. The number of H-pyrrole nitrogens is 1. The normalized spacial score (nSPS) is 14.9. The van der Waals surface area contributed by atoms with Crippen LogP contribution < -0.4 is 10.6 Å². The molecular weight excluding hydrogens is 699 g/mol. The number of amides is 1. The molecule has 3 N–H and O–H groups in total. The third-order valence-corrected chi connectivity index (χ3v) is 9.35. The largest absolute Gasteiger partial charge is 0.460 e. The summed E-state index contributed by atoms with van der Waals surface area (Å²) in [6.07, 6.45) is 2.97. The van der Waals surface area contributed by atoms with Gasteiger partial charge in [0.05, 0.1) is 38.4 Å². The topological polar surface area (TPSA) is 148 Å². The number of nitrogens with two attached hydrogens (primary N) is 1. The van der Waals surface area contributed by atoms with Crippen LogP contribution in [-0.4, -0.2) is 120 Å². The van der Waals surface area contributed by atoms with Gasteiger partial charge in [0, 0.05) is 68.7 Å². The minimum atomic E-state index is -0.620. The van der Waals surface area contributed by atoms with Crippen molar-refractivity contribution in [2.45, 2.75) is 113 Å². The fourth-order valence-electron chi connectivity index (χ4n) is 6.71. The number of rotatable bonds is 18. The Morgan fingerprint density at radius 1 is 0.873 bits per heavy atom. The van der Waals surface area contributed by atoms with Crippen molar-refractivity contribution in [2.24, 2.45) is 10.8 Å². The molecule has 2 aromatic heterocycles. The zero-order chi connectivity index (χ0) is 40.6. The summed E-state index contributed by atoms with van der Waals surface area (Å²) in [5.74, 6) is 1.21. The van der Waals surface area contributed by atoms with Crippen molar-refractivity contribution < 1.29 is 28.5 Å². The Balaban J connectivity index is 1.24. The highest BCUT2D eigenvalue weighted by atomic mass is 16.6. The summed E-state index contributed by atoms with van der Waals surface area (Å²) >= 11 is 0. The van der Waals surface area contributed by atoms with E-state index in [1.165, 1.54) is 0 Å². The maximum atomic E-state index is 13.3. The maximum absolute atomic E-state index is 13.3. The van der Waals surface area contributed by atoms with E-state index in [9.17, 15) is 9.59 Å². The number of esters is 1. The first-order chi connectivity index (χ1) is 25.6. The minimum absolute atomic E-state index is 0.239. The summed E-state index contributed by atoms with van der Waals surface area (Å²) in [5.41, 5.74) is 8.13. The highest BCUT2D eigenvalue weighted by molar-refractivity contribution is 6.07. The summed E-state index contributed by atoms with van der Waals surface area (Å²) in [7, 11) is 0. The number of unbranched alkanes of at least 4 members (excludes halogenated alkanes) is 1. The Bertz CT molecular complexity index is 1720. The number of hydrogen-bond donors (Lipinski definition) is 2. The molecule has 0 unspecified atom stereocenters. The van der Waals surface area contributed by atoms with Crippen molar-refractivity contribution in [1.82, 2.24) is 24.8 Å². The van der Waals surface area contributed by atoms with Crippen LogP contribution in [0.3, 0.4) is 0 Å². The van der Waals surface area contributed by atoms with Gasteiger partial charge in [-0.1, -0.05) is 41.0 Å². The fraction of sp³-hybridized carbons (Fsp3) is 0.714. The Hall–Kier alpha value is -3.68. The van der Waals surface area contributed by atoms with Crippen molar-refractivity contribution in [2.75, 3.05) is 82.9 Å². The zero-order valence-corrected chi connectivity index (χ0v) is 35.6. The summed E-state index contributed by atoms with van der Waals surface area (Å²) in [5, 5.41) is 1.02. The van der Waals surface area contributed by atoms with Gasteiger partial charge in [0.2, 0.25) is 0 Å². The van der Waals surface area contributed by atoms with Gasteiger partial charge in [0.15, 0.2) is 0 Å². The number of piperazine rings is 1. The molecule has 308 valence electrons. The molecular formula is C42H69N7O6. The van der Waals surface area contributed by atoms with Crippen molar-refractivity contribution >= 4 is 45.5 Å². The number of carbonyl (C=O) groups is 2. The molecule has 0 aliphatic carbocycles. The molecule has 0 radical (unpaired) electrons. The van der Waals surface area contributed by atoms with Gasteiger partial charge in [0.25, 0.3) is 0 Å². The molecule has 0 saturated carbocycles. The predicted octanol–water partition coefficient (Wildman–Crippen LogP) is 7.21. The maximum Gasteiger partial charge on any atom is 0.410 e. The molecule has 1 amide bonds. The van der Waals surface area contributed by atoms with Crippen LogP contribution in [0.25, 0.3) is 21.9 Å². The summed E-state index contributed by atoms with van der Waals surface area (Å²) in [4.78, 5) is 45.2. The van der Waals surface area contributed by atoms with Crippen molar-refractivity contribution in [3.05, 3.63) is 24.0 Å². The Morgan fingerprint density at radius 3 is 2.20 bits per heavy atom. The molecule has 1 aliphatic rings. The SMILES string of the molecule is CCCCc1nc2c([nH]1)c(N)nc1ccc(N3CCN(CCOCCN(CC(C)(C)COCC(C)(C)CC(=O)OC(C)(C)C)C(=O)OC(C)(C)C)CC3)cc12. The number of aromatic nitrogens is 3. The van der Waals surface area contributed by atoms with Crippen LogP contribution in [0.15, 0.2) is 18.2 Å². The number of fused-ring (bicyclic) bond motifs is 3. The average molecular weight is 768 g/mol. The molecule has 1 fully saturated rings. The molecule has 0 spiro atoms. The number of nitrogens with one attached hydrogen (secondary N) is 1. The number of carbonyl (C=O) groups excluding carboxylic acids is 2. The second kappa shape index (κ2) is 18.5. The number of aromatic amines is 1. The first kappa shape index (κ1) is 44.0. The summed E-state index contributed by atoms with van der Waals surface area (Å²) < 4.78 is 23.5. The Morgan fingerprint density at radius 2 is 1.55 bits per heavy atom. The quantitative estimate of drug-likeness (QED) is 0.0999. The molecule has 3 aromatic rings. The van der Waals surface area contributed by atoms with Gasteiger partial charge in [-0.05, 0) is 71.6 Å². The number of nitrogen functional groups attached to an aromatic ring is 1. The lowest BCUT2D eigenvalue weighted by atomic mass is 9.90. The highest BCUT2D eigenvalue weighted by Gasteiger charge is 2.31. The lowest BCUT2D eigenvalue weighted by Crippen LogP contribution is -2.47. The zero-order valence-electron chi connectivity index (χ0n) is 35.6. The van der Waals surface area contributed by atoms with E-state index in [-0.39, 0.29) is 29.3 Å². The second-order valence-corrected chi connectivity index (χ2v) is 18.6. The molecule has 0 atom stereocenters. The highest BCUT2D eigenvalue weighted by Crippen LogP contribution is 2.31. The first-order valence-corrected chi connectivity index (χ1v) is 20.0. The van der Waals surface area contributed by atoms with Gasteiger partial charge in [-0.25, -0.2) is 14.8 Å². The van der Waals surface area contributed by atoms with Gasteiger partial charge in [-0.15, -0.1) is 0 Å². The number of hydrogen-bond acceptors (Lipinski definition) is 11. The van der Waals surface area contributed by atoms with Gasteiger partial charge in [-0.2, -0.15) is 0 Å². The Kier molecular flexibility index (Phi) is 14.8. The number of imidazole rings is 1. The number of nitrogens with zero attached hydrogens (tertiary/aromatic N) is 5. The number of anilines is 2. The lowest BCUT2D eigenvalue weighted by Gasteiger charge is -2.36. The number of benzene rings is 1. The van der Waals surface area contributed by atoms with Gasteiger partial charge >= 0.3 is 12.1 Å². The third kappa shape index (κ3) is 14.1. The lowest BCUT2D eigenvalue weighted by molar-refractivity contribution is -0.158. The van der Waals surface area contributed by atoms with Crippen LogP contribution in [0.4, 0.5) is 16.3 Å². The van der Waals surface area contributed by atoms with Gasteiger partial charge in [0.1, 0.15) is 33.9 Å². The van der Waals surface area contributed by atoms with E-state index in [1.807, 2.05) is 61.5 Å². The van der Waals surface area contributed by atoms with Crippen LogP contribution in [-0.2, 0) is 30.2 Å². The molecule has 4 rings (SSSR count). The monoisotopic (exact) mass is 768 g/mol. The van der Waals surface area contributed by atoms with E-state index in [2.05, 4.69) is 52.7 Å². The molecule has 1 aliphatic heterocycles. The van der Waals surface area contributed by atoms with E-state index in [4.69, 9.17) is 29.7 Å². The van der Waals surface area contributed by atoms with Gasteiger partial charge < -0.3 is 39.5 Å². The van der Waals surface area contributed by atoms with Gasteiger partial charge in [-0.3, -0.25) is 9.69 Å². The standard InChI is InChI=1S/C42H69N7O6/c1-12-13-14-33-45-35-31-25-30(15-16-32(31)44-37(43)36(35)46-33)48-19-17-47(18-20-48)21-23-52-24-22-49(38(51)55-40(5,6)7)27-42(10,11)29-53-28-41(8,9)26-34(50)54-39(2,3)4/h15-16,25H,12-14,17-24,26-29H2,1-11H3,(H2,43,44)(H,45,46). The number of pyridine rings is 1. The molecule has 55 heavy (non-hydrogen) atoms. The van der Waals surface area contributed by atoms with E-state index < -0.39 is 11.2 Å². The minimum Gasteiger partial charge on any atom is -0.460 e. The van der Waals surface area contributed by atoms with E-state index in [1.54, 1.807) is 4.90 Å². The summed E-state index contributed by atoms with van der Waals surface area (Å²) in [6, 6.07) is 6.37. The fourth-order valence-corrected chi connectivity index (χ4v) is 6.71. The molecule has 3 heterocycles. The van der Waals surface area contributed by atoms with Crippen LogP contribution >= 0.6 is 0 Å². The second-order valence-electron chi connectivity index (χ2n) is 18.6. The van der Waals surface area contributed by atoms with Crippen molar-refractivity contribution in [3.8, 4) is 0 Å². The predicted molar refractivity (Wildman–Crippen MR) is 221 cm³/mol. The number of ether oxygens (including phenoxy) is 4. The van der Waals surface area contributed by atoms with Crippen LogP contribution in [0.1, 0.15) is 101 Å². The van der Waals surface area contributed by atoms with Crippen molar-refractivity contribution in [1.29, 1.82) is 0 Å². The molecule has 13 nitrogen and oxygen atoms in total. The van der Waals surface area contributed by atoms with E-state index in [0.717, 1.165) is 85.4 Å². The Labute approximate surface area is 329 Å². The summed E-state index contributed by atoms with van der Waals surface area (Å²) in [6.45, 7) is 28.6. The first-order valence-electron chi connectivity index (χ1n) is 20.0.